The number of fused-ring (bicyclic) bond motifs is 5. The third-order valence-electron chi connectivity index (χ3n) is 10.9. The average Bonchev–Trinajstić information content (AvgIpc) is 3.01. The smallest absolute Gasteiger partial charge is 0.0985 e. The third-order valence-corrected chi connectivity index (χ3v) is 10.9. The first-order valence-electron chi connectivity index (χ1n) is 13.1. The van der Waals surface area contributed by atoms with E-state index in [1.54, 1.807) is 6.92 Å². The monoisotopic (exact) mass is 466 g/mol. The van der Waals surface area contributed by atoms with Crippen molar-refractivity contribution >= 4 is 0 Å². The van der Waals surface area contributed by atoms with Crippen LogP contribution in [-0.2, 0) is 0 Å². The molecule has 6 N–H and O–H groups in total. The van der Waals surface area contributed by atoms with Crippen LogP contribution in [0.2, 0.25) is 0 Å². The van der Waals surface area contributed by atoms with Crippen molar-refractivity contribution in [2.24, 2.45) is 40.4 Å². The Hall–Kier alpha value is -0.500. The molecule has 0 aromatic heterocycles. The van der Waals surface area contributed by atoms with E-state index in [0.717, 1.165) is 19.3 Å². The van der Waals surface area contributed by atoms with Crippen LogP contribution in [0.4, 0.5) is 0 Å². The molecule has 0 heterocycles. The molecule has 4 aliphatic rings. The van der Waals surface area contributed by atoms with Gasteiger partial charge in [-0.1, -0.05) is 32.9 Å². The number of rotatable bonds is 5. The zero-order chi connectivity index (χ0) is 24.4. The molecule has 0 bridgehead atoms. The van der Waals surface area contributed by atoms with E-state index >= 15 is 0 Å². The molecule has 0 aromatic rings. The molecule has 0 saturated heterocycles. The van der Waals surface area contributed by atoms with E-state index in [1.807, 2.05) is 6.08 Å². The molecule has 4 fully saturated rings. The van der Waals surface area contributed by atoms with Crippen LogP contribution < -0.4 is 0 Å². The summed E-state index contributed by atoms with van der Waals surface area (Å²) >= 11 is 0. The van der Waals surface area contributed by atoms with Gasteiger partial charge in [0, 0.05) is 11.8 Å². The van der Waals surface area contributed by atoms with Crippen LogP contribution in [0.3, 0.4) is 0 Å². The molecule has 4 aliphatic carbocycles. The van der Waals surface area contributed by atoms with E-state index < -0.39 is 34.9 Å². The second-order valence-corrected chi connectivity index (χ2v) is 12.9. The Kier molecular flexibility index (Phi) is 6.64. The molecule has 4 saturated carbocycles. The van der Waals surface area contributed by atoms with E-state index in [2.05, 4.69) is 26.8 Å². The minimum absolute atomic E-state index is 0.0520. The SMILES string of the molecule is C[C@H](/C=C/C[C@](C)(O)CO)[C@H]1C[C@@H](O)C2C3C[C@@H](O)[C@@]4(O)C[C@@H](O)CC[C@]4(C)C3CC[C@@]21C. The lowest BCUT2D eigenvalue weighted by Crippen LogP contribution is -2.69. The van der Waals surface area contributed by atoms with Gasteiger partial charge in [0.25, 0.3) is 0 Å². The number of aliphatic hydroxyl groups is 6. The molecule has 6 heteroatoms. The normalized spacial score (nSPS) is 52.6. The van der Waals surface area contributed by atoms with Crippen molar-refractivity contribution in [2.75, 3.05) is 6.61 Å². The predicted molar refractivity (Wildman–Crippen MR) is 126 cm³/mol. The van der Waals surface area contributed by atoms with Gasteiger partial charge in [0.1, 0.15) is 0 Å². The van der Waals surface area contributed by atoms with E-state index in [9.17, 15) is 30.6 Å². The van der Waals surface area contributed by atoms with Crippen LogP contribution in [-0.4, -0.2) is 66.8 Å². The van der Waals surface area contributed by atoms with Crippen LogP contribution in [0.25, 0.3) is 0 Å². The highest BCUT2D eigenvalue weighted by atomic mass is 16.3. The summed E-state index contributed by atoms with van der Waals surface area (Å²) in [7, 11) is 0. The molecular weight excluding hydrogens is 420 g/mol. The topological polar surface area (TPSA) is 121 Å². The Bertz CT molecular complexity index is 753. The standard InChI is InChI=1S/C27H46O6/c1-16(6-5-9-24(2,32)15-28)20-13-21(30)23-18-12-22(31)27(33)14-17(29)7-11-26(27,4)19(18)8-10-25(20,23)3/h5-6,16-23,28-33H,7-15H2,1-4H3/b6-5+/t16-,17+,18?,19?,20-,21-,22-,23?,24+,25-,26-,27+/m1/s1. The lowest BCUT2D eigenvalue weighted by atomic mass is 9.42. The molecule has 0 aliphatic heterocycles. The maximum atomic E-state index is 11.6. The first-order valence-corrected chi connectivity index (χ1v) is 13.1. The Balaban J connectivity index is 1.58. The van der Waals surface area contributed by atoms with Crippen LogP contribution in [0.1, 0.15) is 79.1 Å². The quantitative estimate of drug-likeness (QED) is 0.346. The van der Waals surface area contributed by atoms with Crippen molar-refractivity contribution < 1.29 is 30.6 Å². The third kappa shape index (κ3) is 3.93. The first-order chi connectivity index (χ1) is 15.3. The van der Waals surface area contributed by atoms with Gasteiger partial charge in [-0.2, -0.15) is 0 Å². The molecule has 4 rings (SSSR count). The fourth-order valence-electron chi connectivity index (χ4n) is 8.93. The summed E-state index contributed by atoms with van der Waals surface area (Å²) in [5, 5.41) is 63.8. The maximum absolute atomic E-state index is 11.6. The van der Waals surface area contributed by atoms with Gasteiger partial charge in [-0.25, -0.2) is 0 Å². The van der Waals surface area contributed by atoms with E-state index in [1.165, 1.54) is 0 Å². The van der Waals surface area contributed by atoms with Crippen LogP contribution in [0.5, 0.6) is 0 Å². The Morgan fingerprint density at radius 2 is 1.79 bits per heavy atom. The Morgan fingerprint density at radius 1 is 1.09 bits per heavy atom. The van der Waals surface area contributed by atoms with Gasteiger partial charge >= 0.3 is 0 Å². The van der Waals surface area contributed by atoms with Crippen molar-refractivity contribution in [2.45, 2.75) is 109 Å². The molecule has 0 aromatic carbocycles. The molecule has 0 radical (unpaired) electrons. The molecule has 33 heavy (non-hydrogen) atoms. The summed E-state index contributed by atoms with van der Waals surface area (Å²) in [5.41, 5.74) is -2.88. The summed E-state index contributed by atoms with van der Waals surface area (Å²) in [6, 6.07) is 0. The van der Waals surface area contributed by atoms with Crippen LogP contribution >= 0.6 is 0 Å². The van der Waals surface area contributed by atoms with Gasteiger partial charge < -0.3 is 30.6 Å². The van der Waals surface area contributed by atoms with Crippen molar-refractivity contribution in [1.82, 2.24) is 0 Å². The second kappa shape index (κ2) is 8.56. The van der Waals surface area contributed by atoms with Crippen LogP contribution in [0, 0.1) is 40.4 Å². The second-order valence-electron chi connectivity index (χ2n) is 12.9. The Morgan fingerprint density at radius 3 is 2.45 bits per heavy atom. The molecule has 6 nitrogen and oxygen atoms in total. The van der Waals surface area contributed by atoms with E-state index in [-0.39, 0.29) is 42.1 Å². The highest BCUT2D eigenvalue weighted by Gasteiger charge is 2.68. The minimum atomic E-state index is -1.26. The average molecular weight is 467 g/mol. The molecule has 3 unspecified atom stereocenters. The van der Waals surface area contributed by atoms with Crippen molar-refractivity contribution in [3.05, 3.63) is 12.2 Å². The van der Waals surface area contributed by atoms with Gasteiger partial charge in [-0.3, -0.25) is 0 Å². The van der Waals surface area contributed by atoms with Crippen molar-refractivity contribution in [1.29, 1.82) is 0 Å². The summed E-state index contributed by atoms with van der Waals surface area (Å²) in [4.78, 5) is 0. The molecule has 0 amide bonds. The van der Waals surface area contributed by atoms with Gasteiger partial charge in [-0.05, 0) is 86.9 Å². The summed E-state index contributed by atoms with van der Waals surface area (Å²) in [6.45, 7) is 7.95. The van der Waals surface area contributed by atoms with E-state index in [0.29, 0.717) is 31.6 Å². The minimum Gasteiger partial charge on any atom is -0.393 e. The number of hydrogen-bond donors (Lipinski definition) is 6. The van der Waals surface area contributed by atoms with Gasteiger partial charge in [-0.15, -0.1) is 0 Å². The number of allylic oxidation sites excluding steroid dienone is 1. The highest BCUT2D eigenvalue weighted by molar-refractivity contribution is 5.19. The fourth-order valence-corrected chi connectivity index (χ4v) is 8.93. The number of aliphatic hydroxyl groups excluding tert-OH is 4. The lowest BCUT2D eigenvalue weighted by Gasteiger charge is -2.65. The molecular formula is C27H46O6. The molecule has 12 atom stereocenters. The summed E-state index contributed by atoms with van der Waals surface area (Å²) in [5.74, 6) is 1.00. The van der Waals surface area contributed by atoms with Gasteiger partial charge in [0.05, 0.1) is 36.1 Å². The Labute approximate surface area is 198 Å². The maximum Gasteiger partial charge on any atom is 0.0985 e. The zero-order valence-electron chi connectivity index (χ0n) is 20.8. The predicted octanol–water partition coefficient (Wildman–Crippen LogP) is 2.39. The zero-order valence-corrected chi connectivity index (χ0v) is 20.8. The fraction of sp³-hybridized carbons (Fsp3) is 0.926. The van der Waals surface area contributed by atoms with Crippen molar-refractivity contribution in [3.63, 3.8) is 0 Å². The molecule has 190 valence electrons. The lowest BCUT2D eigenvalue weighted by molar-refractivity contribution is -0.268. The summed E-state index contributed by atoms with van der Waals surface area (Å²) < 4.78 is 0. The highest BCUT2D eigenvalue weighted by Crippen LogP contribution is 2.69. The van der Waals surface area contributed by atoms with Crippen LogP contribution in [0.15, 0.2) is 12.2 Å². The van der Waals surface area contributed by atoms with Gasteiger partial charge in [0.15, 0.2) is 0 Å². The largest absolute Gasteiger partial charge is 0.393 e. The number of hydrogen-bond acceptors (Lipinski definition) is 6. The van der Waals surface area contributed by atoms with Gasteiger partial charge in [0.2, 0.25) is 0 Å². The van der Waals surface area contributed by atoms with Crippen molar-refractivity contribution in [3.8, 4) is 0 Å². The first kappa shape index (κ1) is 25.6. The molecule has 0 spiro atoms. The van der Waals surface area contributed by atoms with E-state index in [4.69, 9.17) is 0 Å². The summed E-state index contributed by atoms with van der Waals surface area (Å²) in [6.07, 6.45) is 7.35.